The monoisotopic (exact) mass is 346 g/mol. The van der Waals surface area contributed by atoms with Crippen LogP contribution in [0.2, 0.25) is 0 Å². The van der Waals surface area contributed by atoms with Gasteiger partial charge in [-0.3, -0.25) is 14.7 Å². The molecule has 1 saturated heterocycles. The van der Waals surface area contributed by atoms with Crippen LogP contribution in [-0.2, 0) is 16.1 Å². The van der Waals surface area contributed by atoms with Crippen LogP contribution >= 0.6 is 0 Å². The summed E-state index contributed by atoms with van der Waals surface area (Å²) in [6.07, 6.45) is 2.49. The van der Waals surface area contributed by atoms with Gasteiger partial charge in [0.05, 0.1) is 13.5 Å². The second-order valence-electron chi connectivity index (χ2n) is 6.50. The average molecular weight is 346 g/mol. The van der Waals surface area contributed by atoms with Gasteiger partial charge in [-0.25, -0.2) is 0 Å². The highest BCUT2D eigenvalue weighted by molar-refractivity contribution is 5.80. The van der Waals surface area contributed by atoms with Crippen LogP contribution in [0.5, 0.6) is 0 Å². The summed E-state index contributed by atoms with van der Waals surface area (Å²) in [4.78, 5) is 17.9. The summed E-state index contributed by atoms with van der Waals surface area (Å²) in [6.45, 7) is 4.87. The maximum Gasteiger partial charge on any atom is 0.307 e. The molecular weight excluding hydrogens is 316 g/mol. The Morgan fingerprint density at radius 3 is 2.76 bits per heavy atom. The summed E-state index contributed by atoms with van der Waals surface area (Å²) < 4.78 is 4.65. The van der Waals surface area contributed by atoms with Gasteiger partial charge >= 0.3 is 5.97 Å². The summed E-state index contributed by atoms with van der Waals surface area (Å²) in [5.74, 6) is 0.531. The fourth-order valence-electron chi connectivity index (χ4n) is 3.18. The minimum Gasteiger partial charge on any atom is -0.469 e. The molecule has 1 aliphatic rings. The van der Waals surface area contributed by atoms with Crippen LogP contribution in [0.15, 0.2) is 35.3 Å². The number of nitrogens with one attached hydrogen (secondary N) is 2. The van der Waals surface area contributed by atoms with Crippen molar-refractivity contribution in [3.8, 4) is 0 Å². The number of nitrogens with zero attached hydrogens (tertiary/aromatic N) is 2. The van der Waals surface area contributed by atoms with Crippen LogP contribution in [-0.4, -0.2) is 56.2 Å². The van der Waals surface area contributed by atoms with Crippen LogP contribution in [0.4, 0.5) is 0 Å². The second kappa shape index (κ2) is 10.0. The first-order valence-corrected chi connectivity index (χ1v) is 8.94. The molecule has 1 aromatic carbocycles. The molecule has 138 valence electrons. The van der Waals surface area contributed by atoms with Crippen LogP contribution in [0.25, 0.3) is 0 Å². The summed E-state index contributed by atoms with van der Waals surface area (Å²) >= 11 is 0. The van der Waals surface area contributed by atoms with Crippen molar-refractivity contribution in [3.05, 3.63) is 35.9 Å². The number of piperidine rings is 1. The number of carbonyl (C=O) groups is 1. The Labute approximate surface area is 150 Å². The Morgan fingerprint density at radius 2 is 2.12 bits per heavy atom. The zero-order valence-electron chi connectivity index (χ0n) is 15.5. The number of esters is 1. The fourth-order valence-corrected chi connectivity index (χ4v) is 3.18. The van der Waals surface area contributed by atoms with Crippen LogP contribution in [0.3, 0.4) is 0 Å². The van der Waals surface area contributed by atoms with Crippen LogP contribution in [0.1, 0.15) is 31.7 Å². The quantitative estimate of drug-likeness (QED) is 0.467. The van der Waals surface area contributed by atoms with Crippen molar-refractivity contribution in [1.29, 1.82) is 0 Å². The largest absolute Gasteiger partial charge is 0.469 e. The molecule has 2 atom stereocenters. The van der Waals surface area contributed by atoms with Gasteiger partial charge in [0.2, 0.25) is 0 Å². The Bertz CT molecular complexity index is 562. The average Bonchev–Trinajstić information content (AvgIpc) is 2.63. The van der Waals surface area contributed by atoms with Gasteiger partial charge in [-0.15, -0.1) is 0 Å². The van der Waals surface area contributed by atoms with E-state index in [9.17, 15) is 4.79 Å². The lowest BCUT2D eigenvalue weighted by atomic mass is 9.97. The lowest BCUT2D eigenvalue weighted by Gasteiger charge is -2.38. The molecule has 2 rings (SSSR count). The van der Waals surface area contributed by atoms with Crippen molar-refractivity contribution in [2.75, 3.05) is 27.2 Å². The summed E-state index contributed by atoms with van der Waals surface area (Å²) in [5, 5.41) is 6.64. The van der Waals surface area contributed by atoms with E-state index < -0.39 is 0 Å². The minimum absolute atomic E-state index is 0.217. The number of hydrogen-bond acceptors (Lipinski definition) is 4. The molecule has 2 N–H and O–H groups in total. The maximum absolute atomic E-state index is 11.2. The van der Waals surface area contributed by atoms with Crippen molar-refractivity contribution in [2.45, 2.75) is 44.8 Å². The van der Waals surface area contributed by atoms with E-state index >= 15 is 0 Å². The zero-order chi connectivity index (χ0) is 18.1. The van der Waals surface area contributed by atoms with Crippen molar-refractivity contribution in [2.24, 2.45) is 4.99 Å². The van der Waals surface area contributed by atoms with Gasteiger partial charge in [0.1, 0.15) is 0 Å². The Kier molecular flexibility index (Phi) is 7.73. The molecule has 0 bridgehead atoms. The molecule has 0 saturated carbocycles. The van der Waals surface area contributed by atoms with E-state index in [1.807, 2.05) is 0 Å². The molecule has 25 heavy (non-hydrogen) atoms. The Balaban J connectivity index is 1.76. The fraction of sp³-hybridized carbons (Fsp3) is 0.579. The van der Waals surface area contributed by atoms with Gasteiger partial charge in [0, 0.05) is 38.8 Å². The molecule has 2 unspecified atom stereocenters. The van der Waals surface area contributed by atoms with E-state index in [0.717, 1.165) is 31.9 Å². The number of carbonyl (C=O) groups excluding carboxylic acids is 1. The van der Waals surface area contributed by atoms with Gasteiger partial charge in [-0.2, -0.15) is 0 Å². The SMILES string of the molecule is CN=C(NCCC(=O)OC)NC1CCN(Cc2ccccc2)C(C)C1. The van der Waals surface area contributed by atoms with Gasteiger partial charge in [0.15, 0.2) is 5.96 Å². The van der Waals surface area contributed by atoms with Gasteiger partial charge in [-0.1, -0.05) is 30.3 Å². The van der Waals surface area contributed by atoms with E-state index in [0.29, 0.717) is 25.0 Å². The standard InChI is InChI=1S/C19H30N4O2/c1-15-13-17(22-19(20-2)21-11-9-18(24)25-3)10-12-23(15)14-16-7-5-4-6-8-16/h4-8,15,17H,9-14H2,1-3H3,(H2,20,21,22). The lowest BCUT2D eigenvalue weighted by Crippen LogP contribution is -2.51. The van der Waals surface area contributed by atoms with E-state index in [1.165, 1.54) is 12.7 Å². The highest BCUT2D eigenvalue weighted by Gasteiger charge is 2.25. The Hall–Kier alpha value is -2.08. The first kappa shape index (κ1) is 19.2. The van der Waals surface area contributed by atoms with Gasteiger partial charge in [0.25, 0.3) is 0 Å². The van der Waals surface area contributed by atoms with Crippen molar-refractivity contribution < 1.29 is 9.53 Å². The lowest BCUT2D eigenvalue weighted by molar-refractivity contribution is -0.140. The zero-order valence-corrected chi connectivity index (χ0v) is 15.5. The third kappa shape index (κ3) is 6.38. The number of aliphatic imine (C=N–C) groups is 1. The first-order chi connectivity index (χ1) is 12.1. The predicted molar refractivity (Wildman–Crippen MR) is 100 cm³/mol. The van der Waals surface area contributed by atoms with E-state index in [1.54, 1.807) is 7.05 Å². The highest BCUT2D eigenvalue weighted by atomic mass is 16.5. The third-order valence-electron chi connectivity index (χ3n) is 4.66. The maximum atomic E-state index is 11.2. The van der Waals surface area contributed by atoms with Crippen LogP contribution < -0.4 is 10.6 Å². The first-order valence-electron chi connectivity index (χ1n) is 8.94. The topological polar surface area (TPSA) is 66.0 Å². The minimum atomic E-state index is -0.217. The summed E-state index contributed by atoms with van der Waals surface area (Å²) in [7, 11) is 3.15. The number of methoxy groups -OCH3 is 1. The molecule has 1 aliphatic heterocycles. The van der Waals surface area contributed by atoms with E-state index in [2.05, 4.69) is 62.5 Å². The number of ether oxygens (including phenoxy) is 1. The highest BCUT2D eigenvalue weighted by Crippen LogP contribution is 2.19. The molecule has 6 nitrogen and oxygen atoms in total. The smallest absolute Gasteiger partial charge is 0.307 e. The van der Waals surface area contributed by atoms with Gasteiger partial charge < -0.3 is 15.4 Å². The molecule has 1 fully saturated rings. The van der Waals surface area contributed by atoms with E-state index in [-0.39, 0.29) is 5.97 Å². The summed E-state index contributed by atoms with van der Waals surface area (Å²) in [5.41, 5.74) is 1.36. The van der Waals surface area contributed by atoms with Crippen molar-refractivity contribution in [3.63, 3.8) is 0 Å². The molecule has 0 radical (unpaired) electrons. The molecule has 6 heteroatoms. The second-order valence-corrected chi connectivity index (χ2v) is 6.50. The molecule has 1 aromatic rings. The van der Waals surface area contributed by atoms with E-state index in [4.69, 9.17) is 0 Å². The number of likely N-dealkylation sites (tertiary alicyclic amines) is 1. The molecule has 0 aromatic heterocycles. The number of hydrogen-bond donors (Lipinski definition) is 2. The van der Waals surface area contributed by atoms with Gasteiger partial charge in [-0.05, 0) is 25.3 Å². The Morgan fingerprint density at radius 1 is 1.36 bits per heavy atom. The number of benzene rings is 1. The summed E-state index contributed by atoms with van der Waals surface area (Å²) in [6, 6.07) is 11.5. The molecule has 0 amide bonds. The molecular formula is C19H30N4O2. The van der Waals surface area contributed by atoms with Crippen LogP contribution in [0, 0.1) is 0 Å². The third-order valence-corrected chi connectivity index (χ3v) is 4.66. The molecule has 0 spiro atoms. The molecule has 1 heterocycles. The van der Waals surface area contributed by atoms with Crippen molar-refractivity contribution in [1.82, 2.24) is 15.5 Å². The normalized spacial score (nSPS) is 21.6. The predicted octanol–water partition coefficient (Wildman–Crippen LogP) is 1.77. The number of guanidine groups is 1. The number of rotatable bonds is 6. The van der Waals surface area contributed by atoms with Crippen molar-refractivity contribution >= 4 is 11.9 Å². The molecule has 0 aliphatic carbocycles.